The topological polar surface area (TPSA) is 0 Å². The molecule has 54 heavy (non-hydrogen) atoms. The van der Waals surface area contributed by atoms with Gasteiger partial charge in [-0.05, 0) is 58.8 Å². The van der Waals surface area contributed by atoms with Crippen LogP contribution in [0.5, 0.6) is 0 Å². The normalized spacial score (nSPS) is 11.0. The first-order valence-corrected chi connectivity index (χ1v) is 28.4. The monoisotopic (exact) mass is 852 g/mol. The van der Waals surface area contributed by atoms with Crippen molar-refractivity contribution in [2.45, 2.75) is 132 Å². The Morgan fingerprint density at radius 1 is 0.519 bits per heavy atom. The van der Waals surface area contributed by atoms with Gasteiger partial charge in [-0.25, -0.2) is 0 Å². The Morgan fingerprint density at radius 3 is 1.13 bits per heavy atom. The summed E-state index contributed by atoms with van der Waals surface area (Å²) in [6.07, 6.45) is 4.73. The first-order valence-electron chi connectivity index (χ1n) is 20.1. The van der Waals surface area contributed by atoms with E-state index in [1.807, 2.05) is 0 Å². The quantitative estimate of drug-likeness (QED) is 0.0951. The van der Waals surface area contributed by atoms with Crippen LogP contribution in [0.2, 0.25) is 13.1 Å². The summed E-state index contributed by atoms with van der Waals surface area (Å²) in [6.45, 7) is 27.2. The summed E-state index contributed by atoms with van der Waals surface area (Å²) in [4.78, 5) is 0. The molecule has 0 aliphatic carbocycles. The second-order valence-corrected chi connectivity index (χ2v) is 20.4. The molecule has 0 bridgehead atoms. The van der Waals surface area contributed by atoms with Gasteiger partial charge in [0.2, 0.25) is 0 Å². The summed E-state index contributed by atoms with van der Waals surface area (Å²) in [6, 6.07) is 36.8. The summed E-state index contributed by atoms with van der Waals surface area (Å²) in [5.74, 6) is 2.10. The van der Waals surface area contributed by atoms with Crippen LogP contribution in [0.1, 0.15) is 139 Å². The van der Waals surface area contributed by atoms with Gasteiger partial charge in [-0.3, -0.25) is 0 Å². The average Bonchev–Trinajstić information content (AvgIpc) is 3.75. The summed E-state index contributed by atoms with van der Waals surface area (Å²) in [5, 5.41) is 5.63. The molecule has 0 saturated heterocycles. The van der Waals surface area contributed by atoms with E-state index in [-0.39, 0.29) is 0 Å². The molecule has 0 aromatic heterocycles. The van der Waals surface area contributed by atoms with Crippen LogP contribution in [-0.4, -0.2) is 9.52 Å². The van der Waals surface area contributed by atoms with Crippen molar-refractivity contribution in [2.24, 2.45) is 0 Å². The summed E-state index contributed by atoms with van der Waals surface area (Å²) in [7, 11) is 11.0. The second-order valence-electron chi connectivity index (χ2n) is 15.7. The third kappa shape index (κ3) is 11.9. The molecular formula is C50H64Cl2SiZr. The van der Waals surface area contributed by atoms with Crippen molar-refractivity contribution >= 4 is 48.1 Å². The van der Waals surface area contributed by atoms with Crippen molar-refractivity contribution in [1.29, 1.82) is 0 Å². The van der Waals surface area contributed by atoms with Gasteiger partial charge in [0.15, 0.2) is 0 Å². The number of rotatable bonds is 10. The van der Waals surface area contributed by atoms with Crippen LogP contribution in [0.3, 0.4) is 0 Å². The molecule has 0 aliphatic heterocycles. The number of hydrogen-bond donors (Lipinski definition) is 0. The maximum atomic E-state index is 4.93. The zero-order chi connectivity index (χ0) is 39.9. The van der Waals surface area contributed by atoms with E-state index in [4.69, 9.17) is 17.0 Å². The minimum atomic E-state index is -0.826. The number of hydrogen-bond acceptors (Lipinski definition) is 0. The SMILES string of the molecule is CCCc1cc2c(-c3ccccc3C(C)C)c(C(C)C)ccc2[cH-]1.CCCc1cc2c(-c3ccccc3C(C)C)c(C(C)C)ccc2[cH-]1.C[Si]C.[Cl][Zr+2][Cl]. The van der Waals surface area contributed by atoms with Gasteiger partial charge >= 0.3 is 37.9 Å². The van der Waals surface area contributed by atoms with Crippen molar-refractivity contribution in [2.75, 3.05) is 0 Å². The van der Waals surface area contributed by atoms with Crippen LogP contribution in [0.25, 0.3) is 43.8 Å². The molecule has 6 aromatic rings. The number of halogens is 2. The van der Waals surface area contributed by atoms with Crippen LogP contribution < -0.4 is 0 Å². The Balaban J connectivity index is 0.000000254. The van der Waals surface area contributed by atoms with E-state index in [2.05, 4.69) is 179 Å². The third-order valence-electron chi connectivity index (χ3n) is 9.99. The molecule has 0 spiro atoms. The molecule has 0 unspecified atom stereocenters. The van der Waals surface area contributed by atoms with E-state index in [1.165, 1.54) is 90.0 Å². The van der Waals surface area contributed by atoms with Crippen molar-refractivity contribution in [3.63, 3.8) is 0 Å². The molecule has 286 valence electrons. The molecule has 0 amide bonds. The van der Waals surface area contributed by atoms with Gasteiger partial charge in [-0.15, -0.1) is 69.1 Å². The maximum absolute atomic E-state index is 4.93. The van der Waals surface area contributed by atoms with Gasteiger partial charge in [0.05, 0.1) is 0 Å². The minimum absolute atomic E-state index is 0.522. The van der Waals surface area contributed by atoms with Crippen molar-refractivity contribution in [1.82, 2.24) is 0 Å². The fourth-order valence-corrected chi connectivity index (χ4v) is 7.61. The van der Waals surface area contributed by atoms with Gasteiger partial charge in [0.25, 0.3) is 0 Å². The number of aryl methyl sites for hydroxylation is 2. The Hall–Kier alpha value is -2.22. The van der Waals surface area contributed by atoms with Crippen molar-refractivity contribution in [3.05, 3.63) is 130 Å². The predicted octanol–water partition coefficient (Wildman–Crippen LogP) is 17.0. The average molecular weight is 855 g/mol. The Bertz CT molecular complexity index is 1860. The van der Waals surface area contributed by atoms with Gasteiger partial charge < -0.3 is 0 Å². The molecule has 0 aliphatic rings. The molecule has 0 heterocycles. The van der Waals surface area contributed by atoms with E-state index in [9.17, 15) is 0 Å². The van der Waals surface area contributed by atoms with Crippen LogP contribution in [0.15, 0.2) is 97.1 Å². The summed E-state index contributed by atoms with van der Waals surface area (Å²) < 4.78 is 0. The zero-order valence-electron chi connectivity index (χ0n) is 35.1. The van der Waals surface area contributed by atoms with E-state index in [0.717, 1.165) is 22.4 Å². The summed E-state index contributed by atoms with van der Waals surface area (Å²) in [5.41, 5.74) is 14.5. The fraction of sp³-hybridized carbons (Fsp3) is 0.400. The molecule has 4 heteroatoms. The van der Waals surface area contributed by atoms with Gasteiger partial charge in [0.1, 0.15) is 0 Å². The van der Waals surface area contributed by atoms with Crippen molar-refractivity contribution in [3.8, 4) is 22.3 Å². The Kier molecular flexibility index (Phi) is 19.8. The summed E-state index contributed by atoms with van der Waals surface area (Å²) >= 11 is -0.826. The van der Waals surface area contributed by atoms with Crippen LogP contribution in [0, 0.1) is 0 Å². The molecule has 6 rings (SSSR count). The molecule has 0 N–H and O–H groups in total. The van der Waals surface area contributed by atoms with E-state index < -0.39 is 20.8 Å². The van der Waals surface area contributed by atoms with E-state index in [0.29, 0.717) is 23.7 Å². The van der Waals surface area contributed by atoms with E-state index in [1.54, 1.807) is 0 Å². The fourth-order valence-electron chi connectivity index (χ4n) is 7.61. The molecular weight excluding hydrogens is 791 g/mol. The molecule has 0 nitrogen and oxygen atoms in total. The van der Waals surface area contributed by atoms with Crippen molar-refractivity contribution < 1.29 is 20.8 Å². The standard InChI is InChI=1S/2C24H29.C2H6Si.2ClH.Zr/c2*1-6-9-18-14-19-12-13-21(17(4)5)24(23(19)15-18)22-11-8-7-10-20(22)16(2)3;1-3-2;;;/h2*7-8,10-17H,6,9H2,1-5H3;1-2H3;2*1H;/q2*-1;;;;+4/p-2. The Morgan fingerprint density at radius 2 is 0.833 bits per heavy atom. The van der Waals surface area contributed by atoms with Gasteiger partial charge in [-0.1, -0.05) is 166 Å². The van der Waals surface area contributed by atoms with Gasteiger partial charge in [0, 0.05) is 9.52 Å². The van der Waals surface area contributed by atoms with Gasteiger partial charge in [-0.2, -0.15) is 12.1 Å². The van der Waals surface area contributed by atoms with E-state index >= 15 is 0 Å². The first-order chi connectivity index (χ1) is 25.9. The molecule has 0 atom stereocenters. The zero-order valence-corrected chi connectivity index (χ0v) is 40.1. The van der Waals surface area contributed by atoms with Crippen LogP contribution >= 0.6 is 17.0 Å². The third-order valence-corrected chi connectivity index (χ3v) is 9.99. The van der Waals surface area contributed by atoms with Crippen LogP contribution in [0.4, 0.5) is 0 Å². The number of benzene rings is 4. The van der Waals surface area contributed by atoms with Crippen LogP contribution in [-0.2, 0) is 33.7 Å². The second kappa shape index (κ2) is 23.1. The molecule has 6 aromatic carbocycles. The first kappa shape index (κ1) is 46.2. The number of fused-ring (bicyclic) bond motifs is 2. The Labute approximate surface area is 350 Å². The molecule has 0 saturated carbocycles. The molecule has 0 fully saturated rings. The molecule has 2 radical (unpaired) electrons. The predicted molar refractivity (Wildman–Crippen MR) is 243 cm³/mol.